The minimum Gasteiger partial charge on any atom is -0.379 e. The van der Waals surface area contributed by atoms with Crippen LogP contribution in [0.5, 0.6) is 0 Å². The summed E-state index contributed by atoms with van der Waals surface area (Å²) in [7, 11) is 5.56. The summed E-state index contributed by atoms with van der Waals surface area (Å²) >= 11 is 0. The van der Waals surface area contributed by atoms with Crippen LogP contribution >= 0.6 is 0 Å². The van der Waals surface area contributed by atoms with Crippen LogP contribution in [0.4, 0.5) is 0 Å². The summed E-state index contributed by atoms with van der Waals surface area (Å²) in [5.41, 5.74) is 0. The highest BCUT2D eigenvalue weighted by Crippen LogP contribution is 2.15. The fourth-order valence-electron chi connectivity index (χ4n) is 4.71. The highest BCUT2D eigenvalue weighted by molar-refractivity contribution is 4.79. The van der Waals surface area contributed by atoms with Crippen LogP contribution in [0.15, 0.2) is 12.4 Å². The Morgan fingerprint density at radius 2 is 0.771 bits per heavy atom. The van der Waals surface area contributed by atoms with E-state index in [1.165, 1.54) is 141 Å². The summed E-state index contributed by atoms with van der Waals surface area (Å²) in [6.07, 6.45) is 35.8. The molecule has 0 saturated heterocycles. The van der Waals surface area contributed by atoms with Gasteiger partial charge in [0.05, 0.1) is 0 Å². The van der Waals surface area contributed by atoms with Crippen LogP contribution < -0.4 is 0 Å². The molecule has 4 nitrogen and oxygen atoms in total. The molecule has 0 bridgehead atoms. The maximum atomic E-state index is 5.18. The number of ether oxygens (including phenoxy) is 2. The molecule has 0 aromatic carbocycles. The normalized spacial score (nSPS) is 11.5. The Morgan fingerprint density at radius 3 is 1.09 bits per heavy atom. The monoisotopic (exact) mass is 496 g/mol. The molecule has 0 fully saturated rings. The van der Waals surface area contributed by atoms with E-state index >= 15 is 0 Å². The van der Waals surface area contributed by atoms with Crippen LogP contribution in [0.3, 0.4) is 0 Å². The predicted octanol–water partition coefficient (Wildman–Crippen LogP) is 9.50. The summed E-state index contributed by atoms with van der Waals surface area (Å²) in [5.74, 6) is 0. The second-order valence-corrected chi connectivity index (χ2v) is 10.6. The summed E-state index contributed by atoms with van der Waals surface area (Å²) in [5, 5.41) is 0. The lowest BCUT2D eigenvalue weighted by Crippen LogP contribution is -2.23. The van der Waals surface area contributed by atoms with E-state index in [9.17, 15) is 0 Å². The molecule has 0 rings (SSSR count). The highest BCUT2D eigenvalue weighted by Gasteiger charge is 1.99. The molecule has 0 atom stereocenters. The molecule has 0 spiro atoms. The zero-order valence-corrected chi connectivity index (χ0v) is 24.5. The third kappa shape index (κ3) is 27.7. The largest absolute Gasteiger partial charge is 0.379 e. The molecule has 0 aliphatic heterocycles. The SMILES string of the molecule is CCCCCCCCCCCCCCCCCCCCCCCCN(C)C=CN(COC)COC. The lowest BCUT2D eigenvalue weighted by atomic mass is 10.0. The molecule has 0 N–H and O–H groups in total. The molecule has 0 radical (unpaired) electrons. The molecule has 35 heavy (non-hydrogen) atoms. The molecule has 0 saturated carbocycles. The molecule has 0 aromatic rings. The van der Waals surface area contributed by atoms with Gasteiger partial charge in [0.25, 0.3) is 0 Å². The van der Waals surface area contributed by atoms with Crippen molar-refractivity contribution in [3.8, 4) is 0 Å². The Balaban J connectivity index is 3.25. The Kier molecular flexibility index (Phi) is 28.9. The predicted molar refractivity (Wildman–Crippen MR) is 155 cm³/mol. The molecular weight excluding hydrogens is 432 g/mol. The van der Waals surface area contributed by atoms with Crippen molar-refractivity contribution in [2.45, 2.75) is 148 Å². The summed E-state index contributed by atoms with van der Waals surface area (Å²) in [6, 6.07) is 0. The first-order valence-electron chi connectivity index (χ1n) is 15.3. The van der Waals surface area contributed by atoms with Gasteiger partial charge in [-0.3, -0.25) is 0 Å². The van der Waals surface area contributed by atoms with Crippen molar-refractivity contribution in [1.29, 1.82) is 0 Å². The zero-order valence-electron chi connectivity index (χ0n) is 24.5. The van der Waals surface area contributed by atoms with E-state index < -0.39 is 0 Å². The zero-order chi connectivity index (χ0) is 25.7. The minimum atomic E-state index is 0.553. The molecule has 210 valence electrons. The van der Waals surface area contributed by atoms with E-state index in [0.29, 0.717) is 13.5 Å². The summed E-state index contributed by atoms with van der Waals surface area (Å²) in [4.78, 5) is 4.27. The smallest absolute Gasteiger partial charge is 0.120 e. The Labute approximate surface area is 221 Å². The van der Waals surface area contributed by atoms with Gasteiger partial charge in [0.15, 0.2) is 0 Å². The number of hydrogen-bond acceptors (Lipinski definition) is 4. The molecule has 0 aliphatic rings. The van der Waals surface area contributed by atoms with Crippen molar-refractivity contribution in [3.63, 3.8) is 0 Å². The van der Waals surface area contributed by atoms with Crippen molar-refractivity contribution >= 4 is 0 Å². The van der Waals surface area contributed by atoms with Crippen LogP contribution in [0.1, 0.15) is 148 Å². The van der Waals surface area contributed by atoms with Gasteiger partial charge in [0, 0.05) is 40.2 Å². The topological polar surface area (TPSA) is 24.9 Å². The van der Waals surface area contributed by atoms with Crippen LogP contribution in [-0.2, 0) is 9.47 Å². The lowest BCUT2D eigenvalue weighted by Gasteiger charge is -2.20. The van der Waals surface area contributed by atoms with E-state index in [0.717, 1.165) is 6.54 Å². The van der Waals surface area contributed by atoms with Gasteiger partial charge < -0.3 is 19.3 Å². The van der Waals surface area contributed by atoms with Gasteiger partial charge in [-0.15, -0.1) is 0 Å². The Morgan fingerprint density at radius 1 is 0.457 bits per heavy atom. The van der Waals surface area contributed by atoms with Crippen LogP contribution in [0, 0.1) is 0 Å². The van der Waals surface area contributed by atoms with Crippen molar-refractivity contribution in [3.05, 3.63) is 12.4 Å². The number of unbranched alkanes of at least 4 members (excludes halogenated alkanes) is 21. The first-order chi connectivity index (χ1) is 17.2. The van der Waals surface area contributed by atoms with Gasteiger partial charge in [-0.1, -0.05) is 142 Å². The van der Waals surface area contributed by atoms with Gasteiger partial charge in [-0.2, -0.15) is 0 Å². The lowest BCUT2D eigenvalue weighted by molar-refractivity contribution is 0.0168. The van der Waals surface area contributed by atoms with E-state index in [-0.39, 0.29) is 0 Å². The van der Waals surface area contributed by atoms with Crippen LogP contribution in [0.2, 0.25) is 0 Å². The molecule has 4 heteroatoms. The van der Waals surface area contributed by atoms with Gasteiger partial charge in [-0.25, -0.2) is 0 Å². The maximum Gasteiger partial charge on any atom is 0.120 e. The van der Waals surface area contributed by atoms with Crippen LogP contribution in [-0.4, -0.2) is 51.1 Å². The average Bonchev–Trinajstić information content (AvgIpc) is 2.86. The van der Waals surface area contributed by atoms with Crippen LogP contribution in [0.25, 0.3) is 0 Å². The number of methoxy groups -OCH3 is 2. The molecule has 0 aliphatic carbocycles. The summed E-state index contributed by atoms with van der Waals surface area (Å²) in [6.45, 7) is 4.52. The van der Waals surface area contributed by atoms with Gasteiger partial charge in [0.2, 0.25) is 0 Å². The van der Waals surface area contributed by atoms with Gasteiger partial charge in [-0.05, 0) is 6.42 Å². The average molecular weight is 497 g/mol. The maximum absolute atomic E-state index is 5.18. The third-order valence-corrected chi connectivity index (χ3v) is 6.99. The number of rotatable bonds is 29. The van der Waals surface area contributed by atoms with Crippen molar-refractivity contribution in [2.24, 2.45) is 0 Å². The number of hydrogen-bond donors (Lipinski definition) is 0. The summed E-state index contributed by atoms with van der Waals surface area (Å²) < 4.78 is 10.4. The van der Waals surface area contributed by atoms with Crippen molar-refractivity contribution in [1.82, 2.24) is 9.80 Å². The Bertz CT molecular complexity index is 411. The quantitative estimate of drug-likeness (QED) is 0.0760. The first-order valence-corrected chi connectivity index (χ1v) is 15.3. The molecule has 0 unspecified atom stereocenters. The molecular formula is C31H64N2O2. The second-order valence-electron chi connectivity index (χ2n) is 10.6. The fourth-order valence-corrected chi connectivity index (χ4v) is 4.71. The van der Waals surface area contributed by atoms with Gasteiger partial charge >= 0.3 is 0 Å². The molecule has 0 amide bonds. The van der Waals surface area contributed by atoms with E-state index in [1.807, 2.05) is 11.1 Å². The van der Waals surface area contributed by atoms with E-state index in [1.54, 1.807) is 14.2 Å². The first kappa shape index (κ1) is 34.3. The number of nitrogens with zero attached hydrogens (tertiary/aromatic N) is 2. The molecule has 0 aromatic heterocycles. The van der Waals surface area contributed by atoms with Crippen molar-refractivity contribution in [2.75, 3.05) is 41.3 Å². The third-order valence-electron chi connectivity index (χ3n) is 6.99. The highest BCUT2D eigenvalue weighted by atomic mass is 16.5. The van der Waals surface area contributed by atoms with Crippen molar-refractivity contribution < 1.29 is 9.47 Å². The Hall–Kier alpha value is -0.740. The van der Waals surface area contributed by atoms with Gasteiger partial charge in [0.1, 0.15) is 13.5 Å². The minimum absolute atomic E-state index is 0.553. The standard InChI is InChI=1S/C31H64N2O2/c1-5-6-7-8-9-10-11-12-13-14-15-16-17-18-19-20-21-22-23-24-25-26-27-32(2)28-29-33(30-34-3)31-35-4/h28-29H,5-27,30-31H2,1-4H3. The van der Waals surface area contributed by atoms with E-state index in [4.69, 9.17) is 9.47 Å². The molecule has 0 heterocycles. The fraction of sp³-hybridized carbons (Fsp3) is 0.935. The second kappa shape index (κ2) is 29.5. The van der Waals surface area contributed by atoms with E-state index in [2.05, 4.69) is 25.1 Å².